The lowest BCUT2D eigenvalue weighted by molar-refractivity contribution is -0.141. The molecule has 37 heavy (non-hydrogen) atoms. The van der Waals surface area contributed by atoms with Crippen LogP contribution in [0.15, 0.2) is 18.2 Å². The van der Waals surface area contributed by atoms with Gasteiger partial charge in [-0.05, 0) is 49.8 Å². The summed E-state index contributed by atoms with van der Waals surface area (Å²) in [5, 5.41) is 9.66. The number of carboxylic acid groups (broad SMARTS) is 1. The third kappa shape index (κ3) is 9.68. The molecule has 6 atom stereocenters. The van der Waals surface area contributed by atoms with E-state index in [9.17, 15) is 24.3 Å². The smallest absolute Gasteiger partial charge is 0.480 e. The number of hydrogen-bond donors (Lipinski definition) is 2. The average Bonchev–Trinajstić information content (AvgIpc) is 2.87. The van der Waals surface area contributed by atoms with Gasteiger partial charge in [-0.25, -0.2) is 4.79 Å². The molecule has 0 aliphatic heterocycles. The number of hydrogen-bond acceptors (Lipinski definition) is 9. The number of aliphatic carboxylic acids is 1. The fourth-order valence-electron chi connectivity index (χ4n) is 3.28. The maximum Gasteiger partial charge on any atom is 0.508 e. The van der Waals surface area contributed by atoms with Crippen LogP contribution in [0.2, 0.25) is 0 Å². The van der Waals surface area contributed by atoms with Gasteiger partial charge in [0.25, 0.3) is 0 Å². The first kappa shape index (κ1) is 31.9. The lowest BCUT2D eigenvalue weighted by Gasteiger charge is -2.28. The van der Waals surface area contributed by atoms with Crippen LogP contribution in [0.1, 0.15) is 79.2 Å². The van der Waals surface area contributed by atoms with Crippen molar-refractivity contribution in [2.75, 3.05) is 6.61 Å². The Morgan fingerprint density at radius 3 is 1.89 bits per heavy atom. The molecule has 208 valence electrons. The predicted molar refractivity (Wildman–Crippen MR) is 136 cm³/mol. The standard InChI is InChI=1S/C27H41NO9/c1-8-15(4)25(31)36-20-12-11-19(13-21(20)37-26(32)16(5)9-2)22(23(28)24(29)30)17(6)14-34-27(33)35-18(7)10-3/h11-13,15-18,22-23H,8-10,14,28H2,1-7H3,(H,29,30)/t15?,16?,17?,18?,22?,23-/m0/s1. The van der Waals surface area contributed by atoms with E-state index in [1.54, 1.807) is 33.8 Å². The van der Waals surface area contributed by atoms with Gasteiger partial charge in [-0.15, -0.1) is 0 Å². The fraction of sp³-hybridized carbons (Fsp3) is 0.630. The van der Waals surface area contributed by atoms with Crippen molar-refractivity contribution in [2.24, 2.45) is 23.5 Å². The molecule has 0 heterocycles. The van der Waals surface area contributed by atoms with Crippen LogP contribution in [0.5, 0.6) is 11.5 Å². The van der Waals surface area contributed by atoms with Crippen LogP contribution in [0.4, 0.5) is 4.79 Å². The van der Waals surface area contributed by atoms with E-state index in [4.69, 9.17) is 24.7 Å². The van der Waals surface area contributed by atoms with Gasteiger partial charge in [0.15, 0.2) is 11.5 Å². The van der Waals surface area contributed by atoms with Crippen LogP contribution in [0, 0.1) is 17.8 Å². The lowest BCUT2D eigenvalue weighted by Crippen LogP contribution is -2.40. The maximum absolute atomic E-state index is 12.6. The van der Waals surface area contributed by atoms with Crippen LogP contribution in [0.25, 0.3) is 0 Å². The molecule has 0 aromatic heterocycles. The third-order valence-electron chi connectivity index (χ3n) is 6.42. The first-order valence-electron chi connectivity index (χ1n) is 12.7. The third-order valence-corrected chi connectivity index (χ3v) is 6.42. The molecule has 0 aliphatic carbocycles. The minimum absolute atomic E-state index is 0.0219. The van der Waals surface area contributed by atoms with E-state index in [0.29, 0.717) is 24.8 Å². The molecule has 0 amide bonds. The summed E-state index contributed by atoms with van der Waals surface area (Å²) in [4.78, 5) is 48.8. The van der Waals surface area contributed by atoms with E-state index in [1.165, 1.54) is 12.1 Å². The van der Waals surface area contributed by atoms with Crippen LogP contribution in [0.3, 0.4) is 0 Å². The summed E-state index contributed by atoms with van der Waals surface area (Å²) >= 11 is 0. The number of benzene rings is 1. The quantitative estimate of drug-likeness (QED) is 0.260. The second-order valence-electron chi connectivity index (χ2n) is 9.43. The van der Waals surface area contributed by atoms with E-state index < -0.39 is 47.9 Å². The van der Waals surface area contributed by atoms with Crippen molar-refractivity contribution in [3.05, 3.63) is 23.8 Å². The lowest BCUT2D eigenvalue weighted by atomic mass is 9.82. The summed E-state index contributed by atoms with van der Waals surface area (Å²) in [6, 6.07) is 3.08. The van der Waals surface area contributed by atoms with Crippen LogP contribution < -0.4 is 15.2 Å². The van der Waals surface area contributed by atoms with Crippen LogP contribution >= 0.6 is 0 Å². The molecule has 0 fully saturated rings. The number of esters is 2. The van der Waals surface area contributed by atoms with Gasteiger partial charge in [0.2, 0.25) is 0 Å². The molecule has 0 spiro atoms. The summed E-state index contributed by atoms with van der Waals surface area (Å²) < 4.78 is 21.4. The Balaban J connectivity index is 3.37. The van der Waals surface area contributed by atoms with E-state index in [-0.39, 0.29) is 30.1 Å². The highest BCUT2D eigenvalue weighted by atomic mass is 16.7. The number of carbonyl (C=O) groups is 4. The summed E-state index contributed by atoms with van der Waals surface area (Å²) in [6.07, 6.45) is 0.524. The van der Waals surface area contributed by atoms with Gasteiger partial charge < -0.3 is 29.8 Å². The SMILES string of the molecule is CCC(C)OC(=O)OCC(C)C(c1ccc(OC(=O)C(C)CC)c(OC(=O)C(C)CC)c1)[C@H](N)C(=O)O. The highest BCUT2D eigenvalue weighted by molar-refractivity contribution is 5.79. The Bertz CT molecular complexity index is 932. The molecule has 10 heteroatoms. The molecule has 3 N–H and O–H groups in total. The Morgan fingerprint density at radius 2 is 1.41 bits per heavy atom. The first-order valence-corrected chi connectivity index (χ1v) is 12.7. The highest BCUT2D eigenvalue weighted by Gasteiger charge is 2.33. The first-order chi connectivity index (χ1) is 17.4. The highest BCUT2D eigenvalue weighted by Crippen LogP contribution is 2.36. The van der Waals surface area contributed by atoms with E-state index >= 15 is 0 Å². The topological polar surface area (TPSA) is 151 Å². The molecule has 10 nitrogen and oxygen atoms in total. The summed E-state index contributed by atoms with van der Waals surface area (Å²) in [5.41, 5.74) is 6.45. The van der Waals surface area contributed by atoms with Gasteiger partial charge >= 0.3 is 24.1 Å². The predicted octanol–water partition coefficient (Wildman–Crippen LogP) is 4.67. The van der Waals surface area contributed by atoms with Crippen molar-refractivity contribution in [3.63, 3.8) is 0 Å². The fourth-order valence-corrected chi connectivity index (χ4v) is 3.28. The minimum Gasteiger partial charge on any atom is -0.480 e. The van der Waals surface area contributed by atoms with Gasteiger partial charge in [0, 0.05) is 5.92 Å². The number of carbonyl (C=O) groups excluding carboxylic acids is 3. The average molecular weight is 524 g/mol. The van der Waals surface area contributed by atoms with Crippen LogP contribution in [-0.2, 0) is 23.9 Å². The molecule has 0 radical (unpaired) electrons. The van der Waals surface area contributed by atoms with Gasteiger partial charge in [-0.2, -0.15) is 0 Å². The van der Waals surface area contributed by atoms with E-state index in [2.05, 4.69) is 0 Å². The largest absolute Gasteiger partial charge is 0.508 e. The van der Waals surface area contributed by atoms with Crippen molar-refractivity contribution < 1.29 is 43.2 Å². The van der Waals surface area contributed by atoms with Gasteiger partial charge in [0.05, 0.1) is 18.4 Å². The summed E-state index contributed by atoms with van der Waals surface area (Å²) in [5.74, 6) is -4.44. The van der Waals surface area contributed by atoms with Gasteiger partial charge in [-0.1, -0.05) is 47.6 Å². The Hall–Kier alpha value is -3.14. The minimum atomic E-state index is -1.36. The molecule has 0 saturated carbocycles. The maximum atomic E-state index is 12.6. The molecule has 0 bridgehead atoms. The van der Waals surface area contributed by atoms with Crippen molar-refractivity contribution in [2.45, 2.75) is 85.8 Å². The molecule has 1 rings (SSSR count). The molecule has 1 aromatic carbocycles. The van der Waals surface area contributed by atoms with E-state index in [0.717, 1.165) is 0 Å². The molecular weight excluding hydrogens is 482 g/mol. The molecule has 1 aromatic rings. The summed E-state index contributed by atoms with van der Waals surface area (Å²) in [6.45, 7) is 12.2. The van der Waals surface area contributed by atoms with Crippen molar-refractivity contribution >= 4 is 24.1 Å². The second kappa shape index (κ2) is 15.2. The molecular formula is C27H41NO9. The van der Waals surface area contributed by atoms with Crippen molar-refractivity contribution in [1.82, 2.24) is 0 Å². The second-order valence-corrected chi connectivity index (χ2v) is 9.43. The molecule has 0 saturated heterocycles. The van der Waals surface area contributed by atoms with Crippen LogP contribution in [-0.4, -0.2) is 47.9 Å². The van der Waals surface area contributed by atoms with Crippen molar-refractivity contribution in [3.8, 4) is 11.5 Å². The number of nitrogens with two attached hydrogens (primary N) is 1. The zero-order chi connectivity index (χ0) is 28.3. The normalized spacial score (nSPS) is 15.9. The number of rotatable bonds is 14. The number of ether oxygens (including phenoxy) is 4. The zero-order valence-electron chi connectivity index (χ0n) is 22.8. The Kier molecular flexibility index (Phi) is 13.1. The molecule has 5 unspecified atom stereocenters. The number of carboxylic acids is 1. The molecule has 0 aliphatic rings. The zero-order valence-corrected chi connectivity index (χ0v) is 22.8. The van der Waals surface area contributed by atoms with Gasteiger partial charge in [0.1, 0.15) is 12.1 Å². The monoisotopic (exact) mass is 523 g/mol. The van der Waals surface area contributed by atoms with Gasteiger partial charge in [-0.3, -0.25) is 14.4 Å². The summed E-state index contributed by atoms with van der Waals surface area (Å²) in [7, 11) is 0. The Labute approximate surface area is 218 Å². The van der Waals surface area contributed by atoms with Crippen molar-refractivity contribution in [1.29, 1.82) is 0 Å². The van der Waals surface area contributed by atoms with E-state index in [1.807, 2.05) is 20.8 Å². The Morgan fingerprint density at radius 1 is 0.865 bits per heavy atom.